The molecular weight excluding hydrogens is 244 g/mol. The Hall–Kier alpha value is -2.49. The maximum Gasteiger partial charge on any atom is 0.201 e. The van der Waals surface area contributed by atoms with Crippen LogP contribution < -0.4 is 0 Å². The molecule has 0 spiro atoms. The van der Waals surface area contributed by atoms with Gasteiger partial charge in [0.15, 0.2) is 17.3 Å². The summed E-state index contributed by atoms with van der Waals surface area (Å²) in [5.74, 6) is -1.95. The van der Waals surface area contributed by atoms with Crippen LogP contribution >= 0.6 is 0 Å². The van der Waals surface area contributed by atoms with Crippen LogP contribution in [0.4, 0.5) is 0 Å². The quantitative estimate of drug-likeness (QED) is 0.539. The fourth-order valence-corrected chi connectivity index (χ4v) is 2.52. The number of carbonyl (C=O) groups excluding carboxylic acids is 1. The summed E-state index contributed by atoms with van der Waals surface area (Å²) in [5.41, 5.74) is 3.03. The first-order valence-electron chi connectivity index (χ1n) is 5.90. The predicted molar refractivity (Wildman–Crippen MR) is 68.9 cm³/mol. The van der Waals surface area contributed by atoms with E-state index < -0.39 is 17.2 Å². The van der Waals surface area contributed by atoms with Gasteiger partial charge in [0.05, 0.1) is 5.56 Å². The number of ketones is 1. The third kappa shape index (κ3) is 1.57. The average Bonchev–Trinajstić information content (AvgIpc) is 2.35. The second-order valence-electron chi connectivity index (χ2n) is 4.79. The standard InChI is InChI=1S/C15H12O4/c1-7-2-3-10-8(4-7)5-9-6-11(16)14(18)15(19)12(9)13(10)17/h2-4,6,16,18-19H,5H2,1H3. The van der Waals surface area contributed by atoms with Crippen molar-refractivity contribution in [1.29, 1.82) is 0 Å². The molecule has 0 radical (unpaired) electrons. The van der Waals surface area contributed by atoms with E-state index in [-0.39, 0.29) is 11.3 Å². The largest absolute Gasteiger partial charge is 0.504 e. The lowest BCUT2D eigenvalue weighted by molar-refractivity contribution is 0.103. The third-order valence-electron chi connectivity index (χ3n) is 3.45. The summed E-state index contributed by atoms with van der Waals surface area (Å²) in [5, 5.41) is 28.9. The van der Waals surface area contributed by atoms with Gasteiger partial charge in [-0.05, 0) is 30.5 Å². The van der Waals surface area contributed by atoms with Gasteiger partial charge in [0.2, 0.25) is 5.75 Å². The molecular formula is C15H12O4. The number of phenolic OH excluding ortho intramolecular Hbond substituents is 3. The van der Waals surface area contributed by atoms with Crippen LogP contribution in [-0.4, -0.2) is 21.1 Å². The number of aromatic hydroxyl groups is 3. The van der Waals surface area contributed by atoms with Crippen LogP contribution in [0.1, 0.15) is 32.6 Å². The van der Waals surface area contributed by atoms with E-state index in [2.05, 4.69) is 0 Å². The minimum absolute atomic E-state index is 0.0756. The predicted octanol–water partition coefficient (Wildman–Crippen LogP) is 2.25. The van der Waals surface area contributed by atoms with Crippen molar-refractivity contribution in [2.75, 3.05) is 0 Å². The lowest BCUT2D eigenvalue weighted by atomic mass is 9.83. The van der Waals surface area contributed by atoms with E-state index in [1.807, 2.05) is 19.1 Å². The van der Waals surface area contributed by atoms with Crippen LogP contribution in [0.3, 0.4) is 0 Å². The van der Waals surface area contributed by atoms with Gasteiger partial charge in [-0.3, -0.25) is 4.79 Å². The Labute approximate surface area is 109 Å². The number of phenols is 3. The minimum atomic E-state index is -0.650. The van der Waals surface area contributed by atoms with Crippen molar-refractivity contribution in [2.45, 2.75) is 13.3 Å². The normalized spacial score (nSPS) is 13.0. The van der Waals surface area contributed by atoms with E-state index in [4.69, 9.17) is 0 Å². The molecule has 0 saturated heterocycles. The zero-order chi connectivity index (χ0) is 13.7. The van der Waals surface area contributed by atoms with Crippen molar-refractivity contribution >= 4 is 5.78 Å². The molecule has 0 atom stereocenters. The first-order valence-corrected chi connectivity index (χ1v) is 5.90. The highest BCUT2D eigenvalue weighted by Gasteiger charge is 2.29. The molecule has 0 saturated carbocycles. The zero-order valence-electron chi connectivity index (χ0n) is 10.3. The van der Waals surface area contributed by atoms with Crippen molar-refractivity contribution in [3.8, 4) is 17.2 Å². The highest BCUT2D eigenvalue weighted by molar-refractivity contribution is 6.14. The molecule has 0 fully saturated rings. The van der Waals surface area contributed by atoms with E-state index in [0.29, 0.717) is 17.5 Å². The van der Waals surface area contributed by atoms with Gasteiger partial charge in [-0.25, -0.2) is 0 Å². The molecule has 1 aliphatic carbocycles. The first-order chi connectivity index (χ1) is 8.99. The lowest BCUT2D eigenvalue weighted by Crippen LogP contribution is -2.15. The Morgan fingerprint density at radius 1 is 1.00 bits per heavy atom. The molecule has 0 heterocycles. The number of benzene rings is 2. The topological polar surface area (TPSA) is 77.8 Å². The summed E-state index contributed by atoms with van der Waals surface area (Å²) >= 11 is 0. The van der Waals surface area contributed by atoms with Crippen molar-refractivity contribution < 1.29 is 20.1 Å². The fourth-order valence-electron chi connectivity index (χ4n) is 2.52. The summed E-state index contributed by atoms with van der Waals surface area (Å²) in [6.45, 7) is 1.94. The molecule has 19 heavy (non-hydrogen) atoms. The lowest BCUT2D eigenvalue weighted by Gasteiger charge is -2.20. The summed E-state index contributed by atoms with van der Waals surface area (Å²) in [7, 11) is 0. The molecule has 4 heteroatoms. The van der Waals surface area contributed by atoms with Crippen LogP contribution in [0, 0.1) is 6.92 Å². The smallest absolute Gasteiger partial charge is 0.201 e. The number of aryl methyl sites for hydroxylation is 1. The van der Waals surface area contributed by atoms with E-state index in [1.54, 1.807) is 6.07 Å². The number of rotatable bonds is 0. The van der Waals surface area contributed by atoms with Crippen LogP contribution in [0.25, 0.3) is 0 Å². The Morgan fingerprint density at radius 2 is 1.74 bits per heavy atom. The summed E-state index contributed by atoms with van der Waals surface area (Å²) in [6, 6.07) is 6.79. The number of hydrogen-bond donors (Lipinski definition) is 3. The van der Waals surface area contributed by atoms with Gasteiger partial charge in [0.25, 0.3) is 0 Å². The SMILES string of the molecule is Cc1ccc2c(c1)Cc1cc(O)c(O)c(O)c1C2=O. The van der Waals surface area contributed by atoms with Crippen LogP contribution in [0.2, 0.25) is 0 Å². The Kier molecular flexibility index (Phi) is 2.29. The van der Waals surface area contributed by atoms with E-state index >= 15 is 0 Å². The van der Waals surface area contributed by atoms with Gasteiger partial charge in [-0.15, -0.1) is 0 Å². The highest BCUT2D eigenvalue weighted by atomic mass is 16.3. The van der Waals surface area contributed by atoms with Gasteiger partial charge < -0.3 is 15.3 Å². The Balaban J connectivity index is 2.27. The monoisotopic (exact) mass is 256 g/mol. The molecule has 1 aliphatic rings. The third-order valence-corrected chi connectivity index (χ3v) is 3.45. The number of carbonyl (C=O) groups is 1. The molecule has 0 bridgehead atoms. The maximum absolute atomic E-state index is 12.4. The summed E-state index contributed by atoms with van der Waals surface area (Å²) in [4.78, 5) is 12.4. The van der Waals surface area contributed by atoms with Crippen molar-refractivity contribution in [3.05, 3.63) is 52.1 Å². The molecule has 3 rings (SSSR count). The molecule has 0 aliphatic heterocycles. The second kappa shape index (κ2) is 3.75. The molecule has 3 N–H and O–H groups in total. The van der Waals surface area contributed by atoms with Crippen molar-refractivity contribution in [2.24, 2.45) is 0 Å². The van der Waals surface area contributed by atoms with E-state index in [1.165, 1.54) is 6.07 Å². The van der Waals surface area contributed by atoms with Crippen molar-refractivity contribution in [3.63, 3.8) is 0 Å². The van der Waals surface area contributed by atoms with Gasteiger partial charge in [0, 0.05) is 5.56 Å². The molecule has 2 aromatic carbocycles. The Morgan fingerprint density at radius 3 is 2.47 bits per heavy atom. The van der Waals surface area contributed by atoms with Crippen molar-refractivity contribution in [1.82, 2.24) is 0 Å². The molecule has 0 unspecified atom stereocenters. The summed E-state index contributed by atoms with van der Waals surface area (Å²) < 4.78 is 0. The van der Waals surface area contributed by atoms with Gasteiger partial charge in [-0.1, -0.05) is 23.8 Å². The number of fused-ring (bicyclic) bond motifs is 2. The minimum Gasteiger partial charge on any atom is -0.504 e. The zero-order valence-corrected chi connectivity index (χ0v) is 10.3. The summed E-state index contributed by atoms with van der Waals surface area (Å²) in [6.07, 6.45) is 0.444. The average molecular weight is 256 g/mol. The molecule has 2 aromatic rings. The molecule has 0 aromatic heterocycles. The van der Waals surface area contributed by atoms with Gasteiger partial charge in [-0.2, -0.15) is 0 Å². The highest BCUT2D eigenvalue weighted by Crippen LogP contribution is 2.43. The van der Waals surface area contributed by atoms with Gasteiger partial charge in [0.1, 0.15) is 0 Å². The maximum atomic E-state index is 12.4. The molecule has 96 valence electrons. The van der Waals surface area contributed by atoms with E-state index in [0.717, 1.165) is 11.1 Å². The number of hydrogen-bond acceptors (Lipinski definition) is 4. The van der Waals surface area contributed by atoms with Crippen LogP contribution in [0.15, 0.2) is 24.3 Å². The molecule has 0 amide bonds. The van der Waals surface area contributed by atoms with E-state index in [9.17, 15) is 20.1 Å². The Bertz CT molecular complexity index is 717. The van der Waals surface area contributed by atoms with Crippen LogP contribution in [0.5, 0.6) is 17.2 Å². The first kappa shape index (κ1) is 11.6. The fraction of sp³-hybridized carbons (Fsp3) is 0.133. The molecule has 4 nitrogen and oxygen atoms in total. The van der Waals surface area contributed by atoms with Crippen LogP contribution in [-0.2, 0) is 6.42 Å². The van der Waals surface area contributed by atoms with Gasteiger partial charge >= 0.3 is 0 Å². The second-order valence-corrected chi connectivity index (χ2v) is 4.79.